The molecule has 5 heteroatoms. The van der Waals surface area contributed by atoms with E-state index >= 15 is 0 Å². The fraction of sp³-hybridized carbons (Fsp3) is 0.565. The molecule has 0 aliphatic carbocycles. The van der Waals surface area contributed by atoms with Gasteiger partial charge in [0.2, 0.25) is 5.90 Å². The number of unbranched alkanes of at least 4 members (excludes halogenated alkanes) is 4. The fourth-order valence-corrected chi connectivity index (χ4v) is 3.40. The number of ether oxygens (including phenoxy) is 2. The van der Waals surface area contributed by atoms with Crippen molar-refractivity contribution in [2.45, 2.75) is 71.3 Å². The molecule has 152 valence electrons. The van der Waals surface area contributed by atoms with Crippen molar-refractivity contribution in [3.63, 3.8) is 0 Å². The number of aliphatic imine (C=N–C) groups is 1. The molecule has 3 rings (SSSR count). The van der Waals surface area contributed by atoms with Crippen LogP contribution in [-0.4, -0.2) is 30.3 Å². The van der Waals surface area contributed by atoms with Gasteiger partial charge < -0.3 is 14.0 Å². The zero-order chi connectivity index (χ0) is 19.6. The smallest absolute Gasteiger partial charge is 0.216 e. The summed E-state index contributed by atoms with van der Waals surface area (Å²) in [4.78, 5) is 4.65. The lowest BCUT2D eigenvalue weighted by atomic mass is 10.1. The highest BCUT2D eigenvalue weighted by Gasteiger charge is 2.19. The third-order valence-corrected chi connectivity index (χ3v) is 4.95. The molecule has 0 bridgehead atoms. The van der Waals surface area contributed by atoms with E-state index in [-0.39, 0.29) is 0 Å². The van der Waals surface area contributed by atoms with Gasteiger partial charge in [-0.15, -0.1) is 0 Å². The molecule has 2 heterocycles. The van der Waals surface area contributed by atoms with Gasteiger partial charge in [0.1, 0.15) is 18.1 Å². The molecule has 0 fully saturated rings. The van der Waals surface area contributed by atoms with Crippen LogP contribution in [0.5, 0.6) is 5.75 Å². The van der Waals surface area contributed by atoms with Crippen LogP contribution >= 0.6 is 0 Å². The molecule has 0 saturated heterocycles. The molecule has 0 radical (unpaired) electrons. The van der Waals surface area contributed by atoms with Crippen molar-refractivity contribution in [3.05, 3.63) is 47.3 Å². The van der Waals surface area contributed by atoms with Gasteiger partial charge in [0.25, 0.3) is 0 Å². The molecule has 1 aromatic heterocycles. The standard InChI is InChI=1S/C23H32N2O3/c1-3-9-20-17-27-23(24-20)19-11-13-21(14-12-19)26-15-8-6-4-5-7-10-22-16-18(2)25-28-22/h11-14,16,20H,3-10,15,17H2,1-2H3/t20-/m1/s1. The van der Waals surface area contributed by atoms with Crippen LogP contribution in [-0.2, 0) is 11.2 Å². The third-order valence-electron chi connectivity index (χ3n) is 4.95. The lowest BCUT2D eigenvalue weighted by molar-refractivity contribution is 0.303. The minimum absolute atomic E-state index is 0.316. The quantitative estimate of drug-likeness (QED) is 0.453. The fourth-order valence-electron chi connectivity index (χ4n) is 3.40. The SMILES string of the molecule is CCC[C@@H]1COC(c2ccc(OCCCCCCCc3cc(C)no3)cc2)=N1. The Morgan fingerprint density at radius 2 is 1.86 bits per heavy atom. The van der Waals surface area contributed by atoms with E-state index in [0.717, 1.165) is 67.4 Å². The van der Waals surface area contributed by atoms with E-state index in [4.69, 9.17) is 14.0 Å². The molecule has 0 spiro atoms. The summed E-state index contributed by atoms with van der Waals surface area (Å²) in [5.41, 5.74) is 2.00. The van der Waals surface area contributed by atoms with Crippen LogP contribution in [0.3, 0.4) is 0 Å². The predicted octanol–water partition coefficient (Wildman–Crippen LogP) is 5.50. The number of nitrogens with zero attached hydrogens (tertiary/aromatic N) is 2. The number of hydrogen-bond acceptors (Lipinski definition) is 5. The van der Waals surface area contributed by atoms with Gasteiger partial charge in [-0.25, -0.2) is 4.99 Å². The first-order chi connectivity index (χ1) is 13.7. The van der Waals surface area contributed by atoms with Gasteiger partial charge in [-0.1, -0.05) is 37.8 Å². The van der Waals surface area contributed by atoms with Crippen molar-refractivity contribution < 1.29 is 14.0 Å². The first-order valence-corrected chi connectivity index (χ1v) is 10.6. The van der Waals surface area contributed by atoms with Crippen molar-refractivity contribution in [1.82, 2.24) is 5.16 Å². The second-order valence-corrected chi connectivity index (χ2v) is 7.51. The number of hydrogen-bond donors (Lipinski definition) is 0. The minimum Gasteiger partial charge on any atom is -0.494 e. The average Bonchev–Trinajstić information content (AvgIpc) is 3.34. The highest BCUT2D eigenvalue weighted by atomic mass is 16.5. The monoisotopic (exact) mass is 384 g/mol. The molecule has 2 aromatic rings. The second-order valence-electron chi connectivity index (χ2n) is 7.51. The molecule has 1 aromatic carbocycles. The molecule has 0 saturated carbocycles. The lowest BCUT2D eigenvalue weighted by Gasteiger charge is -2.07. The minimum atomic E-state index is 0.316. The number of aromatic nitrogens is 1. The summed E-state index contributed by atoms with van der Waals surface area (Å²) >= 11 is 0. The zero-order valence-electron chi connectivity index (χ0n) is 17.2. The zero-order valence-corrected chi connectivity index (χ0v) is 17.2. The van der Waals surface area contributed by atoms with Crippen LogP contribution in [0.2, 0.25) is 0 Å². The van der Waals surface area contributed by atoms with Crippen LogP contribution in [0.1, 0.15) is 68.9 Å². The van der Waals surface area contributed by atoms with Gasteiger partial charge in [-0.3, -0.25) is 0 Å². The first kappa shape index (κ1) is 20.4. The Bertz CT molecular complexity index is 737. The molecule has 5 nitrogen and oxygen atoms in total. The van der Waals surface area contributed by atoms with E-state index in [0.29, 0.717) is 12.6 Å². The maximum Gasteiger partial charge on any atom is 0.216 e. The van der Waals surface area contributed by atoms with Gasteiger partial charge in [-0.05, 0) is 50.5 Å². The van der Waals surface area contributed by atoms with Crippen molar-refractivity contribution in [2.75, 3.05) is 13.2 Å². The highest BCUT2D eigenvalue weighted by molar-refractivity contribution is 5.95. The molecule has 0 unspecified atom stereocenters. The van der Waals surface area contributed by atoms with Crippen LogP contribution in [0.25, 0.3) is 0 Å². The Balaban J connectivity index is 1.26. The Kier molecular flexibility index (Phi) is 7.94. The molecule has 28 heavy (non-hydrogen) atoms. The van der Waals surface area contributed by atoms with E-state index in [1.54, 1.807) is 0 Å². The van der Waals surface area contributed by atoms with E-state index in [9.17, 15) is 0 Å². The van der Waals surface area contributed by atoms with Crippen LogP contribution in [0, 0.1) is 6.92 Å². The molecule has 0 N–H and O–H groups in total. The van der Waals surface area contributed by atoms with Crippen molar-refractivity contribution >= 4 is 5.90 Å². The molecule has 1 atom stereocenters. The van der Waals surface area contributed by atoms with Gasteiger partial charge >= 0.3 is 0 Å². The Labute approximate surface area is 168 Å². The molecular formula is C23H32N2O3. The number of aryl methyl sites for hydroxylation is 2. The van der Waals surface area contributed by atoms with Crippen LogP contribution < -0.4 is 4.74 Å². The molecule has 0 amide bonds. The summed E-state index contributed by atoms with van der Waals surface area (Å²) in [5, 5.41) is 3.92. The second kappa shape index (κ2) is 10.9. The first-order valence-electron chi connectivity index (χ1n) is 10.6. The van der Waals surface area contributed by atoms with E-state index < -0.39 is 0 Å². The van der Waals surface area contributed by atoms with Crippen LogP contribution in [0.4, 0.5) is 0 Å². The largest absolute Gasteiger partial charge is 0.494 e. The Hall–Kier alpha value is -2.30. The van der Waals surface area contributed by atoms with E-state index in [1.165, 1.54) is 19.3 Å². The maximum absolute atomic E-state index is 5.86. The molecular weight excluding hydrogens is 352 g/mol. The molecule has 1 aliphatic rings. The van der Waals surface area contributed by atoms with Crippen molar-refractivity contribution in [2.24, 2.45) is 4.99 Å². The Morgan fingerprint density at radius 3 is 2.61 bits per heavy atom. The highest BCUT2D eigenvalue weighted by Crippen LogP contribution is 2.19. The summed E-state index contributed by atoms with van der Waals surface area (Å²) in [5.74, 6) is 2.68. The van der Waals surface area contributed by atoms with E-state index in [2.05, 4.69) is 17.1 Å². The van der Waals surface area contributed by atoms with Gasteiger partial charge in [0.05, 0.1) is 18.3 Å². The number of benzene rings is 1. The summed E-state index contributed by atoms with van der Waals surface area (Å²) < 4.78 is 16.8. The summed E-state index contributed by atoms with van der Waals surface area (Å²) in [7, 11) is 0. The summed E-state index contributed by atoms with van der Waals surface area (Å²) in [6.07, 6.45) is 9.08. The third kappa shape index (κ3) is 6.39. The van der Waals surface area contributed by atoms with Crippen molar-refractivity contribution in [3.8, 4) is 5.75 Å². The molecule has 1 aliphatic heterocycles. The average molecular weight is 385 g/mol. The summed E-state index contributed by atoms with van der Waals surface area (Å²) in [6, 6.07) is 10.4. The normalized spacial score (nSPS) is 16.1. The Morgan fingerprint density at radius 1 is 1.07 bits per heavy atom. The van der Waals surface area contributed by atoms with Gasteiger partial charge in [0.15, 0.2) is 0 Å². The summed E-state index contributed by atoms with van der Waals surface area (Å²) in [6.45, 7) is 5.61. The van der Waals surface area contributed by atoms with E-state index in [1.807, 2.05) is 37.3 Å². The van der Waals surface area contributed by atoms with Crippen molar-refractivity contribution in [1.29, 1.82) is 0 Å². The topological polar surface area (TPSA) is 56.9 Å². The van der Waals surface area contributed by atoms with Gasteiger partial charge in [-0.2, -0.15) is 0 Å². The number of rotatable bonds is 12. The predicted molar refractivity (Wildman–Crippen MR) is 111 cm³/mol. The van der Waals surface area contributed by atoms with Crippen LogP contribution in [0.15, 0.2) is 39.8 Å². The lowest BCUT2D eigenvalue weighted by Crippen LogP contribution is -2.05. The van der Waals surface area contributed by atoms with Gasteiger partial charge in [0, 0.05) is 18.1 Å². The maximum atomic E-state index is 5.86.